The minimum Gasteiger partial charge on any atom is -0.481 e. The molecule has 0 saturated carbocycles. The largest absolute Gasteiger partial charge is 0.481 e. The van der Waals surface area contributed by atoms with Crippen molar-refractivity contribution in [3.8, 4) is 0 Å². The van der Waals surface area contributed by atoms with Gasteiger partial charge in [0.2, 0.25) is 0 Å². The predicted octanol–water partition coefficient (Wildman–Crippen LogP) is 1.22. The topological polar surface area (TPSA) is 99.7 Å². The summed E-state index contributed by atoms with van der Waals surface area (Å²) >= 11 is 0. The number of epoxide rings is 2. The summed E-state index contributed by atoms with van der Waals surface area (Å²) < 4.78 is 10.3. The highest BCUT2D eigenvalue weighted by molar-refractivity contribution is 5.88. The van der Waals surface area contributed by atoms with Gasteiger partial charge in [-0.2, -0.15) is 0 Å². The van der Waals surface area contributed by atoms with Crippen LogP contribution < -0.4 is 0 Å². The van der Waals surface area contributed by atoms with Gasteiger partial charge in [0.25, 0.3) is 0 Å². The lowest BCUT2D eigenvalue weighted by Crippen LogP contribution is -2.44. The molecule has 2 fully saturated rings. The highest BCUT2D eigenvalue weighted by Crippen LogP contribution is 2.47. The van der Waals surface area contributed by atoms with E-state index >= 15 is 0 Å². The van der Waals surface area contributed by atoms with Gasteiger partial charge < -0.3 is 19.7 Å². The van der Waals surface area contributed by atoms with E-state index in [1.54, 1.807) is 19.1 Å². The van der Waals surface area contributed by atoms with E-state index in [0.29, 0.717) is 25.2 Å². The van der Waals surface area contributed by atoms with Gasteiger partial charge in [-0.1, -0.05) is 17.7 Å². The van der Waals surface area contributed by atoms with Crippen LogP contribution in [0.2, 0.25) is 0 Å². The number of allylic oxidation sites excluding steroid dienone is 1. The number of carbonyl (C=O) groups is 2. The summed E-state index contributed by atoms with van der Waals surface area (Å²) in [6, 6.07) is 0. The normalized spacial score (nSPS) is 37.5. The lowest BCUT2D eigenvalue weighted by Gasteiger charge is -2.36. The van der Waals surface area contributed by atoms with Gasteiger partial charge in [-0.3, -0.25) is 9.59 Å². The van der Waals surface area contributed by atoms with Gasteiger partial charge in [-0.15, -0.1) is 0 Å². The fourth-order valence-corrected chi connectivity index (χ4v) is 3.15. The summed E-state index contributed by atoms with van der Waals surface area (Å²) in [5, 5.41) is 19.3. The third-order valence-electron chi connectivity index (χ3n) is 4.50. The molecule has 1 aliphatic carbocycles. The van der Waals surface area contributed by atoms with Gasteiger partial charge in [-0.25, -0.2) is 0 Å². The SMILES string of the molecule is CC1=C(CC2CO2)C=CC(CC2CO2)(C(=O)O)C1C(=O)O. The van der Waals surface area contributed by atoms with Crippen LogP contribution in [0.25, 0.3) is 0 Å². The van der Waals surface area contributed by atoms with Crippen molar-refractivity contribution in [3.63, 3.8) is 0 Å². The summed E-state index contributed by atoms with van der Waals surface area (Å²) in [6.07, 6.45) is 4.11. The molecule has 2 saturated heterocycles. The second-order valence-electron chi connectivity index (χ2n) is 5.98. The molecule has 2 N–H and O–H groups in total. The molecule has 0 radical (unpaired) electrons. The van der Waals surface area contributed by atoms with Gasteiger partial charge in [0.1, 0.15) is 5.41 Å². The van der Waals surface area contributed by atoms with Gasteiger partial charge in [0.15, 0.2) is 0 Å². The molecule has 2 aliphatic heterocycles. The Morgan fingerprint density at radius 3 is 2.38 bits per heavy atom. The van der Waals surface area contributed by atoms with E-state index in [2.05, 4.69) is 0 Å². The molecule has 0 aromatic carbocycles. The van der Waals surface area contributed by atoms with E-state index < -0.39 is 23.3 Å². The molecule has 6 nitrogen and oxygen atoms in total. The van der Waals surface area contributed by atoms with Crippen molar-refractivity contribution in [3.05, 3.63) is 23.3 Å². The molecule has 0 aromatic rings. The third kappa shape index (κ3) is 2.61. The first-order chi connectivity index (χ1) is 9.94. The lowest BCUT2D eigenvalue weighted by molar-refractivity contribution is -0.158. The quantitative estimate of drug-likeness (QED) is 0.715. The first kappa shape index (κ1) is 14.3. The Bertz CT molecular complexity index is 540. The van der Waals surface area contributed by atoms with Crippen LogP contribution in [0, 0.1) is 11.3 Å². The molecule has 2 heterocycles. The Kier molecular flexibility index (Phi) is 3.37. The van der Waals surface area contributed by atoms with E-state index in [1.165, 1.54) is 0 Å². The molecule has 4 unspecified atom stereocenters. The number of hydrogen-bond donors (Lipinski definition) is 2. The summed E-state index contributed by atoms with van der Waals surface area (Å²) in [5.41, 5.74) is 0.0624. The number of carboxylic acids is 2. The van der Waals surface area contributed by atoms with Crippen LogP contribution in [0.4, 0.5) is 0 Å². The Morgan fingerprint density at radius 1 is 1.29 bits per heavy atom. The molecule has 0 spiro atoms. The molecular weight excluding hydrogens is 276 g/mol. The molecule has 21 heavy (non-hydrogen) atoms. The van der Waals surface area contributed by atoms with Gasteiger partial charge in [0, 0.05) is 6.42 Å². The zero-order valence-electron chi connectivity index (χ0n) is 11.7. The predicted molar refractivity (Wildman–Crippen MR) is 71.7 cm³/mol. The summed E-state index contributed by atoms with van der Waals surface area (Å²) in [7, 11) is 0. The molecule has 6 heteroatoms. The van der Waals surface area contributed by atoms with Crippen LogP contribution in [0.5, 0.6) is 0 Å². The Balaban J connectivity index is 1.96. The van der Waals surface area contributed by atoms with Crippen LogP contribution in [0.15, 0.2) is 23.3 Å². The first-order valence-electron chi connectivity index (χ1n) is 7.02. The van der Waals surface area contributed by atoms with E-state index in [-0.39, 0.29) is 18.6 Å². The first-order valence-corrected chi connectivity index (χ1v) is 7.02. The monoisotopic (exact) mass is 294 g/mol. The van der Waals surface area contributed by atoms with Gasteiger partial charge >= 0.3 is 11.9 Å². The van der Waals surface area contributed by atoms with Crippen molar-refractivity contribution in [1.29, 1.82) is 0 Å². The van der Waals surface area contributed by atoms with Crippen molar-refractivity contribution in [1.82, 2.24) is 0 Å². The third-order valence-corrected chi connectivity index (χ3v) is 4.50. The Labute approximate surface area is 122 Å². The number of ether oxygens (including phenoxy) is 2. The Hall–Kier alpha value is -1.66. The zero-order chi connectivity index (χ0) is 15.2. The van der Waals surface area contributed by atoms with Crippen LogP contribution in [0.1, 0.15) is 19.8 Å². The molecule has 0 bridgehead atoms. The maximum absolute atomic E-state index is 11.8. The fourth-order valence-electron chi connectivity index (χ4n) is 3.15. The summed E-state index contributed by atoms with van der Waals surface area (Å²) in [6.45, 7) is 2.90. The van der Waals surface area contributed by atoms with Crippen molar-refractivity contribution in [2.45, 2.75) is 32.0 Å². The minimum atomic E-state index is -1.43. The highest BCUT2D eigenvalue weighted by atomic mass is 16.6. The Morgan fingerprint density at radius 2 is 1.90 bits per heavy atom. The van der Waals surface area contributed by atoms with E-state index in [9.17, 15) is 19.8 Å². The van der Waals surface area contributed by atoms with Gasteiger partial charge in [-0.05, 0) is 18.9 Å². The lowest BCUT2D eigenvalue weighted by atomic mass is 9.65. The van der Waals surface area contributed by atoms with Crippen LogP contribution in [-0.2, 0) is 19.1 Å². The second-order valence-corrected chi connectivity index (χ2v) is 5.98. The number of carboxylic acid groups (broad SMARTS) is 2. The van der Waals surface area contributed by atoms with Crippen molar-refractivity contribution < 1.29 is 29.3 Å². The van der Waals surface area contributed by atoms with Crippen molar-refractivity contribution in [2.75, 3.05) is 13.2 Å². The molecule has 3 rings (SSSR count). The maximum Gasteiger partial charge on any atom is 0.314 e. The average molecular weight is 294 g/mol. The fraction of sp³-hybridized carbons (Fsp3) is 0.600. The molecule has 4 atom stereocenters. The standard InChI is InChI=1S/C15H18O6/c1-8-9(4-10-6-20-10)2-3-15(14(18)19,5-11-7-21-11)12(8)13(16)17/h2-3,10-12H,4-7H2,1H3,(H,16,17)(H,18,19). The number of rotatable bonds is 6. The summed E-state index contributed by atoms with van der Waals surface area (Å²) in [5.74, 6) is -3.27. The van der Waals surface area contributed by atoms with E-state index in [1.807, 2.05) is 0 Å². The molecule has 0 aromatic heterocycles. The number of hydrogen-bond acceptors (Lipinski definition) is 4. The molecule has 0 amide bonds. The van der Waals surface area contributed by atoms with Crippen molar-refractivity contribution in [2.24, 2.45) is 11.3 Å². The molecule has 3 aliphatic rings. The summed E-state index contributed by atoms with van der Waals surface area (Å²) in [4.78, 5) is 23.6. The molecular formula is C15H18O6. The number of aliphatic carboxylic acids is 2. The van der Waals surface area contributed by atoms with Gasteiger partial charge in [0.05, 0.1) is 31.3 Å². The minimum absolute atomic E-state index is 0.137. The van der Waals surface area contributed by atoms with Crippen LogP contribution in [-0.4, -0.2) is 47.6 Å². The van der Waals surface area contributed by atoms with Crippen LogP contribution >= 0.6 is 0 Å². The average Bonchev–Trinajstić information content (AvgIpc) is 3.27. The van der Waals surface area contributed by atoms with Crippen molar-refractivity contribution >= 4 is 11.9 Å². The van der Waals surface area contributed by atoms with E-state index in [4.69, 9.17) is 9.47 Å². The maximum atomic E-state index is 11.8. The zero-order valence-corrected chi connectivity index (χ0v) is 11.7. The highest BCUT2D eigenvalue weighted by Gasteiger charge is 2.53. The van der Waals surface area contributed by atoms with E-state index in [0.717, 1.165) is 5.57 Å². The molecule has 114 valence electrons. The van der Waals surface area contributed by atoms with Crippen LogP contribution in [0.3, 0.4) is 0 Å². The second kappa shape index (κ2) is 4.96. The smallest absolute Gasteiger partial charge is 0.314 e.